The Morgan fingerprint density at radius 2 is 2.12 bits per heavy atom. The van der Waals surface area contributed by atoms with Gasteiger partial charge in [0.05, 0.1) is 17.0 Å². The second-order valence-electron chi connectivity index (χ2n) is 3.02. The van der Waals surface area contributed by atoms with Crippen LogP contribution in [0.2, 0.25) is 0 Å². The highest BCUT2D eigenvalue weighted by molar-refractivity contribution is 8.00. The first kappa shape index (κ1) is 11.3. The molecule has 0 amide bonds. The van der Waals surface area contributed by atoms with Crippen LogP contribution in [0, 0.1) is 0 Å². The van der Waals surface area contributed by atoms with Crippen molar-refractivity contribution in [2.24, 2.45) is 0 Å². The van der Waals surface area contributed by atoms with Crippen molar-refractivity contribution in [1.82, 2.24) is 15.4 Å². The molecular formula is C10H11N3OS2. The lowest BCUT2D eigenvalue weighted by molar-refractivity contribution is 0.684. The first-order valence-electron chi connectivity index (χ1n) is 4.78. The van der Waals surface area contributed by atoms with Crippen molar-refractivity contribution >= 4 is 22.6 Å². The van der Waals surface area contributed by atoms with Crippen LogP contribution < -0.4 is 0 Å². The molecule has 1 aromatic carbocycles. The summed E-state index contributed by atoms with van der Waals surface area (Å²) < 4.78 is 11.8. The van der Waals surface area contributed by atoms with Gasteiger partial charge in [0.1, 0.15) is 5.03 Å². The van der Waals surface area contributed by atoms with Gasteiger partial charge in [0.2, 0.25) is 0 Å². The Bertz CT molecular complexity index is 444. The number of rotatable bonds is 5. The van der Waals surface area contributed by atoms with E-state index in [2.05, 4.69) is 15.4 Å². The Balaban J connectivity index is 1.81. The van der Waals surface area contributed by atoms with E-state index < -0.39 is 10.8 Å². The molecule has 0 aliphatic heterocycles. The molecule has 1 unspecified atom stereocenters. The van der Waals surface area contributed by atoms with Crippen LogP contribution in [0.3, 0.4) is 0 Å². The standard InChI is InChI=1S/C10H11N3OS2/c14-16(9-4-2-1-3-5-9)7-6-15-10-8-11-13-12-10/h1-5,8H,6-7H2,(H,11,12,13). The number of nitrogens with one attached hydrogen (secondary N) is 1. The molecule has 0 aliphatic rings. The van der Waals surface area contributed by atoms with E-state index in [0.717, 1.165) is 15.7 Å². The molecule has 1 aromatic heterocycles. The average Bonchev–Trinajstić information content (AvgIpc) is 2.83. The summed E-state index contributed by atoms with van der Waals surface area (Å²) in [6.07, 6.45) is 1.66. The van der Waals surface area contributed by atoms with Crippen LogP contribution in [0.1, 0.15) is 0 Å². The Hall–Kier alpha value is -1.14. The summed E-state index contributed by atoms with van der Waals surface area (Å²) in [5, 5.41) is 11.0. The fraction of sp³-hybridized carbons (Fsp3) is 0.200. The van der Waals surface area contributed by atoms with Crippen molar-refractivity contribution in [3.63, 3.8) is 0 Å². The molecular weight excluding hydrogens is 242 g/mol. The molecule has 2 rings (SSSR count). The molecule has 0 aliphatic carbocycles. The van der Waals surface area contributed by atoms with E-state index in [4.69, 9.17) is 0 Å². The Kier molecular flexibility index (Phi) is 4.12. The largest absolute Gasteiger partial charge is 0.254 e. The second-order valence-corrected chi connectivity index (χ2v) is 5.71. The third-order valence-electron chi connectivity index (χ3n) is 1.92. The maximum absolute atomic E-state index is 11.8. The lowest BCUT2D eigenvalue weighted by atomic mass is 10.4. The monoisotopic (exact) mass is 253 g/mol. The van der Waals surface area contributed by atoms with Gasteiger partial charge in [0.15, 0.2) is 0 Å². The molecule has 2 aromatic rings. The normalized spacial score (nSPS) is 12.5. The molecule has 16 heavy (non-hydrogen) atoms. The zero-order valence-electron chi connectivity index (χ0n) is 8.50. The SMILES string of the molecule is O=S(CCSc1cn[nH]n1)c1ccccc1. The highest BCUT2D eigenvalue weighted by Crippen LogP contribution is 2.14. The predicted molar refractivity (Wildman–Crippen MR) is 64.8 cm³/mol. The van der Waals surface area contributed by atoms with Gasteiger partial charge in [0.25, 0.3) is 0 Å². The van der Waals surface area contributed by atoms with E-state index >= 15 is 0 Å². The predicted octanol–water partition coefficient (Wildman–Crippen LogP) is 1.70. The quantitative estimate of drug-likeness (QED) is 0.824. The van der Waals surface area contributed by atoms with Crippen molar-refractivity contribution in [3.05, 3.63) is 36.5 Å². The first-order valence-corrected chi connectivity index (χ1v) is 7.09. The van der Waals surface area contributed by atoms with Gasteiger partial charge in [-0.1, -0.05) is 18.2 Å². The fourth-order valence-electron chi connectivity index (χ4n) is 1.17. The zero-order valence-corrected chi connectivity index (χ0v) is 10.1. The summed E-state index contributed by atoms with van der Waals surface area (Å²) in [7, 11) is -0.924. The van der Waals surface area contributed by atoms with Crippen LogP contribution in [0.25, 0.3) is 0 Å². The van der Waals surface area contributed by atoms with Crippen molar-refractivity contribution in [2.45, 2.75) is 9.92 Å². The minimum absolute atomic E-state index is 0.627. The van der Waals surface area contributed by atoms with Crippen molar-refractivity contribution in [3.8, 4) is 0 Å². The molecule has 0 fully saturated rings. The van der Waals surface area contributed by atoms with E-state index in [-0.39, 0.29) is 0 Å². The van der Waals surface area contributed by atoms with Crippen LogP contribution in [-0.4, -0.2) is 31.1 Å². The first-order chi connectivity index (χ1) is 7.86. The molecule has 0 bridgehead atoms. The number of nitrogens with zero attached hydrogens (tertiary/aromatic N) is 2. The lowest BCUT2D eigenvalue weighted by Gasteiger charge is -2.00. The number of benzene rings is 1. The number of aromatic amines is 1. The maximum atomic E-state index is 11.8. The molecule has 0 spiro atoms. The molecule has 0 saturated carbocycles. The topological polar surface area (TPSA) is 58.6 Å². The maximum Gasteiger partial charge on any atom is 0.138 e. The van der Waals surface area contributed by atoms with Crippen LogP contribution in [0.15, 0.2) is 46.5 Å². The van der Waals surface area contributed by atoms with Gasteiger partial charge in [-0.2, -0.15) is 10.3 Å². The molecule has 1 N–H and O–H groups in total. The molecule has 1 heterocycles. The summed E-state index contributed by atoms with van der Waals surface area (Å²) in [6.45, 7) is 0. The second kappa shape index (κ2) is 5.81. The van der Waals surface area contributed by atoms with E-state index in [1.165, 1.54) is 0 Å². The zero-order chi connectivity index (χ0) is 11.2. The number of thioether (sulfide) groups is 1. The Morgan fingerprint density at radius 1 is 1.31 bits per heavy atom. The van der Waals surface area contributed by atoms with Gasteiger partial charge in [-0.05, 0) is 12.1 Å². The Labute approximate surface area is 100 Å². The van der Waals surface area contributed by atoms with Gasteiger partial charge in [-0.25, -0.2) is 0 Å². The van der Waals surface area contributed by atoms with Gasteiger partial charge < -0.3 is 0 Å². The molecule has 0 radical (unpaired) electrons. The molecule has 0 saturated heterocycles. The van der Waals surface area contributed by atoms with Gasteiger partial charge in [-0.3, -0.25) is 4.21 Å². The number of hydrogen-bond donors (Lipinski definition) is 1. The minimum Gasteiger partial charge on any atom is -0.254 e. The summed E-state index contributed by atoms with van der Waals surface area (Å²) in [6, 6.07) is 9.49. The van der Waals surface area contributed by atoms with E-state index in [0.29, 0.717) is 5.75 Å². The summed E-state index contributed by atoms with van der Waals surface area (Å²) >= 11 is 1.55. The number of H-pyrrole nitrogens is 1. The fourth-order valence-corrected chi connectivity index (χ4v) is 3.25. The van der Waals surface area contributed by atoms with Crippen LogP contribution in [-0.2, 0) is 10.8 Å². The van der Waals surface area contributed by atoms with Gasteiger partial charge >= 0.3 is 0 Å². The van der Waals surface area contributed by atoms with Crippen LogP contribution in [0.5, 0.6) is 0 Å². The number of aromatic nitrogens is 3. The van der Waals surface area contributed by atoms with Crippen molar-refractivity contribution in [1.29, 1.82) is 0 Å². The summed E-state index contributed by atoms with van der Waals surface area (Å²) in [4.78, 5) is 0.878. The van der Waals surface area contributed by atoms with Gasteiger partial charge in [-0.15, -0.1) is 16.9 Å². The van der Waals surface area contributed by atoms with Gasteiger partial charge in [0, 0.05) is 16.4 Å². The van der Waals surface area contributed by atoms with Crippen molar-refractivity contribution in [2.75, 3.05) is 11.5 Å². The minimum atomic E-state index is -0.924. The molecule has 6 heteroatoms. The highest BCUT2D eigenvalue weighted by atomic mass is 32.2. The highest BCUT2D eigenvalue weighted by Gasteiger charge is 2.03. The van der Waals surface area contributed by atoms with E-state index in [1.54, 1.807) is 18.0 Å². The molecule has 84 valence electrons. The van der Waals surface area contributed by atoms with Crippen molar-refractivity contribution < 1.29 is 4.21 Å². The molecule has 4 nitrogen and oxygen atoms in total. The number of hydrogen-bond acceptors (Lipinski definition) is 4. The smallest absolute Gasteiger partial charge is 0.138 e. The summed E-state index contributed by atoms with van der Waals surface area (Å²) in [5.74, 6) is 1.40. The third kappa shape index (κ3) is 3.18. The third-order valence-corrected chi connectivity index (χ3v) is 4.45. The van der Waals surface area contributed by atoms with E-state index in [1.807, 2.05) is 30.3 Å². The molecule has 1 atom stereocenters. The van der Waals surface area contributed by atoms with E-state index in [9.17, 15) is 4.21 Å². The Morgan fingerprint density at radius 3 is 2.81 bits per heavy atom. The lowest BCUT2D eigenvalue weighted by Crippen LogP contribution is -2.00. The summed E-state index contributed by atoms with van der Waals surface area (Å²) in [5.41, 5.74) is 0. The van der Waals surface area contributed by atoms with Crippen LogP contribution in [0.4, 0.5) is 0 Å². The van der Waals surface area contributed by atoms with Crippen LogP contribution >= 0.6 is 11.8 Å². The average molecular weight is 253 g/mol.